The van der Waals surface area contributed by atoms with E-state index in [4.69, 9.17) is 4.74 Å². The molecule has 2 heterocycles. The van der Waals surface area contributed by atoms with Gasteiger partial charge in [0.2, 0.25) is 0 Å². The lowest BCUT2D eigenvalue weighted by Gasteiger charge is -2.27. The number of carbonyl (C=O) groups excluding carboxylic acids is 1. The molecule has 0 saturated carbocycles. The van der Waals surface area contributed by atoms with Crippen LogP contribution in [0.15, 0.2) is 42.6 Å². The maximum atomic E-state index is 13.4. The molecule has 0 unspecified atom stereocenters. The molecule has 1 aliphatic rings. The third kappa shape index (κ3) is 4.54. The van der Waals surface area contributed by atoms with E-state index in [9.17, 15) is 9.18 Å². The van der Waals surface area contributed by atoms with Crippen LogP contribution < -0.4 is 0 Å². The SMILES string of the molecule is Cc1cc(-c2cnc([C@@H]3CCCN3C(=O)OC(C)(C)C)[nH]2)cc(-c2ccc(F)cc2)c1C. The van der Waals surface area contributed by atoms with Gasteiger partial charge >= 0.3 is 6.09 Å². The summed E-state index contributed by atoms with van der Waals surface area (Å²) in [5.74, 6) is 0.522. The Morgan fingerprint density at radius 2 is 1.88 bits per heavy atom. The van der Waals surface area contributed by atoms with E-state index in [1.165, 1.54) is 12.1 Å². The maximum Gasteiger partial charge on any atom is 0.410 e. The number of H-pyrrole nitrogens is 1. The van der Waals surface area contributed by atoms with Crippen LogP contribution in [-0.2, 0) is 4.74 Å². The zero-order valence-electron chi connectivity index (χ0n) is 19.3. The van der Waals surface area contributed by atoms with Gasteiger partial charge in [-0.2, -0.15) is 0 Å². The minimum Gasteiger partial charge on any atom is -0.444 e. The van der Waals surface area contributed by atoms with Gasteiger partial charge in [-0.05, 0) is 94.0 Å². The molecule has 1 amide bonds. The van der Waals surface area contributed by atoms with Crippen LogP contribution in [0.3, 0.4) is 0 Å². The Labute approximate surface area is 188 Å². The molecule has 0 spiro atoms. The molecule has 1 aromatic heterocycles. The minimum absolute atomic E-state index is 0.123. The summed E-state index contributed by atoms with van der Waals surface area (Å²) in [6.07, 6.45) is 3.28. The molecule has 0 bridgehead atoms. The van der Waals surface area contributed by atoms with Crippen molar-refractivity contribution in [3.63, 3.8) is 0 Å². The molecular weight excluding hydrogens is 405 g/mol. The van der Waals surface area contributed by atoms with Gasteiger partial charge in [0.1, 0.15) is 17.2 Å². The molecule has 1 atom stereocenters. The number of aromatic amines is 1. The number of carbonyl (C=O) groups is 1. The zero-order chi connectivity index (χ0) is 23.0. The quantitative estimate of drug-likeness (QED) is 0.506. The average molecular weight is 436 g/mol. The molecule has 0 aliphatic carbocycles. The molecule has 32 heavy (non-hydrogen) atoms. The Bertz CT molecular complexity index is 1130. The summed E-state index contributed by atoms with van der Waals surface area (Å²) < 4.78 is 19.0. The van der Waals surface area contributed by atoms with E-state index in [2.05, 4.69) is 35.9 Å². The van der Waals surface area contributed by atoms with Crippen LogP contribution in [0.4, 0.5) is 9.18 Å². The fourth-order valence-corrected chi connectivity index (χ4v) is 4.19. The maximum absolute atomic E-state index is 13.4. The molecule has 6 heteroatoms. The van der Waals surface area contributed by atoms with Crippen molar-refractivity contribution in [2.45, 2.75) is 59.1 Å². The highest BCUT2D eigenvalue weighted by molar-refractivity contribution is 5.75. The molecule has 168 valence electrons. The Morgan fingerprint density at radius 3 is 2.56 bits per heavy atom. The number of aromatic nitrogens is 2. The van der Waals surface area contributed by atoms with Gasteiger partial charge in [-0.25, -0.2) is 14.2 Å². The van der Waals surface area contributed by atoms with Gasteiger partial charge in [-0.1, -0.05) is 12.1 Å². The number of halogens is 1. The fourth-order valence-electron chi connectivity index (χ4n) is 4.19. The summed E-state index contributed by atoms with van der Waals surface area (Å²) >= 11 is 0. The average Bonchev–Trinajstić information content (AvgIpc) is 3.38. The number of nitrogens with one attached hydrogen (secondary N) is 1. The zero-order valence-corrected chi connectivity index (χ0v) is 19.3. The van der Waals surface area contributed by atoms with E-state index in [1.807, 2.05) is 27.0 Å². The summed E-state index contributed by atoms with van der Waals surface area (Å²) in [6.45, 7) is 10.4. The number of likely N-dealkylation sites (tertiary alicyclic amines) is 1. The number of aryl methyl sites for hydroxylation is 1. The van der Waals surface area contributed by atoms with E-state index >= 15 is 0 Å². The number of benzene rings is 2. The van der Waals surface area contributed by atoms with Gasteiger partial charge in [0, 0.05) is 12.1 Å². The molecule has 1 aliphatic heterocycles. The highest BCUT2D eigenvalue weighted by Gasteiger charge is 2.34. The topological polar surface area (TPSA) is 58.2 Å². The fraction of sp³-hybridized carbons (Fsp3) is 0.385. The highest BCUT2D eigenvalue weighted by atomic mass is 19.1. The van der Waals surface area contributed by atoms with Gasteiger partial charge in [-0.15, -0.1) is 0 Å². The van der Waals surface area contributed by atoms with Crippen molar-refractivity contribution in [2.24, 2.45) is 0 Å². The van der Waals surface area contributed by atoms with Crippen LogP contribution in [-0.4, -0.2) is 33.1 Å². The van der Waals surface area contributed by atoms with E-state index in [-0.39, 0.29) is 18.0 Å². The molecule has 1 fully saturated rings. The predicted molar refractivity (Wildman–Crippen MR) is 124 cm³/mol. The van der Waals surface area contributed by atoms with Gasteiger partial charge in [0.25, 0.3) is 0 Å². The highest BCUT2D eigenvalue weighted by Crippen LogP contribution is 2.35. The number of hydrogen-bond acceptors (Lipinski definition) is 3. The smallest absolute Gasteiger partial charge is 0.410 e. The number of amides is 1. The number of imidazole rings is 1. The van der Waals surface area contributed by atoms with Gasteiger partial charge in [-0.3, -0.25) is 4.90 Å². The lowest BCUT2D eigenvalue weighted by molar-refractivity contribution is 0.0218. The normalized spacial score (nSPS) is 16.4. The van der Waals surface area contributed by atoms with Crippen LogP contribution in [0.1, 0.15) is 56.6 Å². The molecule has 4 rings (SSSR count). The molecule has 2 aromatic carbocycles. The predicted octanol–water partition coefficient (Wildman–Crippen LogP) is 6.57. The summed E-state index contributed by atoms with van der Waals surface area (Å²) in [4.78, 5) is 22.5. The molecule has 1 N–H and O–H groups in total. The van der Waals surface area contributed by atoms with Gasteiger partial charge in [0.15, 0.2) is 0 Å². The summed E-state index contributed by atoms with van der Waals surface area (Å²) in [5, 5.41) is 0. The van der Waals surface area contributed by atoms with Crippen molar-refractivity contribution >= 4 is 6.09 Å². The van der Waals surface area contributed by atoms with Crippen molar-refractivity contribution in [1.29, 1.82) is 0 Å². The summed E-state index contributed by atoms with van der Waals surface area (Å²) in [7, 11) is 0. The standard InChI is InChI=1S/C26H30FN3O2/c1-16-13-19(14-21(17(16)2)18-8-10-20(27)11-9-18)22-15-28-24(29-22)23-7-6-12-30(23)25(31)32-26(3,4)5/h8-11,13-15,23H,6-7,12H2,1-5H3,(H,28,29)/t23-/m0/s1. The summed E-state index contributed by atoms with van der Waals surface area (Å²) in [5.41, 5.74) is 5.71. The number of rotatable bonds is 3. The largest absolute Gasteiger partial charge is 0.444 e. The van der Waals surface area contributed by atoms with Crippen LogP contribution >= 0.6 is 0 Å². The third-order valence-electron chi connectivity index (χ3n) is 5.93. The Hall–Kier alpha value is -3.15. The first-order chi connectivity index (χ1) is 15.1. The number of hydrogen-bond donors (Lipinski definition) is 1. The Kier molecular flexibility index (Phi) is 5.80. The van der Waals surface area contributed by atoms with Gasteiger partial charge in [0.05, 0.1) is 17.9 Å². The Morgan fingerprint density at radius 1 is 1.16 bits per heavy atom. The molecule has 1 saturated heterocycles. The molecule has 5 nitrogen and oxygen atoms in total. The second-order valence-electron chi connectivity index (χ2n) is 9.49. The van der Waals surface area contributed by atoms with Crippen molar-refractivity contribution < 1.29 is 13.9 Å². The lowest BCUT2D eigenvalue weighted by atomic mass is 9.93. The van der Waals surface area contributed by atoms with Crippen molar-refractivity contribution in [3.8, 4) is 22.4 Å². The van der Waals surface area contributed by atoms with E-state index in [0.717, 1.165) is 52.2 Å². The minimum atomic E-state index is -0.533. The van der Waals surface area contributed by atoms with Crippen LogP contribution in [0.2, 0.25) is 0 Å². The van der Waals surface area contributed by atoms with Crippen molar-refractivity contribution in [3.05, 3.63) is 65.4 Å². The van der Waals surface area contributed by atoms with Gasteiger partial charge < -0.3 is 9.72 Å². The Balaban J connectivity index is 1.64. The number of nitrogens with zero attached hydrogens (tertiary/aromatic N) is 2. The second kappa shape index (κ2) is 8.41. The molecule has 3 aromatic rings. The van der Waals surface area contributed by atoms with Crippen LogP contribution in [0.25, 0.3) is 22.4 Å². The molecular formula is C26H30FN3O2. The third-order valence-corrected chi connectivity index (χ3v) is 5.93. The van der Waals surface area contributed by atoms with E-state index in [0.29, 0.717) is 6.54 Å². The lowest BCUT2D eigenvalue weighted by Crippen LogP contribution is -2.36. The first-order valence-electron chi connectivity index (χ1n) is 11.0. The monoisotopic (exact) mass is 435 g/mol. The first-order valence-corrected chi connectivity index (χ1v) is 11.0. The van der Waals surface area contributed by atoms with Crippen LogP contribution in [0.5, 0.6) is 0 Å². The first kappa shape index (κ1) is 22.1. The van der Waals surface area contributed by atoms with Crippen molar-refractivity contribution in [2.75, 3.05) is 6.54 Å². The summed E-state index contributed by atoms with van der Waals surface area (Å²) in [6, 6.07) is 10.7. The molecule has 0 radical (unpaired) electrons. The second-order valence-corrected chi connectivity index (χ2v) is 9.49. The van der Waals surface area contributed by atoms with E-state index in [1.54, 1.807) is 17.0 Å². The van der Waals surface area contributed by atoms with E-state index < -0.39 is 5.60 Å². The van der Waals surface area contributed by atoms with Crippen molar-refractivity contribution in [1.82, 2.24) is 14.9 Å². The number of ether oxygens (including phenoxy) is 1. The van der Waals surface area contributed by atoms with Crippen LogP contribution in [0, 0.1) is 19.7 Å².